The zero-order chi connectivity index (χ0) is 16.4. The lowest BCUT2D eigenvalue weighted by molar-refractivity contribution is -0.123. The monoisotopic (exact) mass is 377 g/mol. The third-order valence-electron chi connectivity index (χ3n) is 4.71. The van der Waals surface area contributed by atoms with Crippen molar-refractivity contribution in [3.8, 4) is 0 Å². The van der Waals surface area contributed by atoms with Crippen molar-refractivity contribution in [2.75, 3.05) is 0 Å². The summed E-state index contributed by atoms with van der Waals surface area (Å²) in [6, 6.07) is 0.158. The van der Waals surface area contributed by atoms with Gasteiger partial charge in [-0.1, -0.05) is 26.7 Å². The van der Waals surface area contributed by atoms with Crippen molar-refractivity contribution in [2.24, 2.45) is 11.8 Å². The van der Waals surface area contributed by atoms with Crippen molar-refractivity contribution in [3.05, 3.63) is 15.9 Å². The van der Waals surface area contributed by atoms with Crippen LogP contribution in [0.4, 0.5) is 8.78 Å². The third-order valence-corrected chi connectivity index (χ3v) is 5.69. The van der Waals surface area contributed by atoms with E-state index in [2.05, 4.69) is 40.2 Å². The van der Waals surface area contributed by atoms with Crippen LogP contribution in [0.5, 0.6) is 0 Å². The largest absolute Gasteiger partial charge is 0.351 e. The number of hydrogen-bond donors (Lipinski definition) is 1. The normalized spacial score (nSPS) is 25.5. The van der Waals surface area contributed by atoms with Crippen molar-refractivity contribution >= 4 is 21.8 Å². The second-order valence-electron chi connectivity index (χ2n) is 6.18. The zero-order valence-electron chi connectivity index (χ0n) is 13.1. The van der Waals surface area contributed by atoms with Gasteiger partial charge in [0.05, 0.1) is 10.2 Å². The second-order valence-corrected chi connectivity index (χ2v) is 6.98. The van der Waals surface area contributed by atoms with E-state index in [1.54, 1.807) is 6.92 Å². The van der Waals surface area contributed by atoms with Crippen LogP contribution in [0.1, 0.15) is 50.9 Å². The molecule has 0 spiro atoms. The Morgan fingerprint density at radius 3 is 2.73 bits per heavy atom. The molecule has 1 amide bonds. The topological polar surface area (TPSA) is 46.9 Å². The summed E-state index contributed by atoms with van der Waals surface area (Å²) < 4.78 is 27.2. The van der Waals surface area contributed by atoms with Gasteiger partial charge in [0.1, 0.15) is 12.2 Å². The van der Waals surface area contributed by atoms with Crippen molar-refractivity contribution in [3.63, 3.8) is 0 Å². The van der Waals surface area contributed by atoms with E-state index in [9.17, 15) is 13.6 Å². The molecule has 7 heteroatoms. The van der Waals surface area contributed by atoms with Gasteiger partial charge in [0.25, 0.3) is 6.43 Å². The lowest BCUT2D eigenvalue weighted by Crippen LogP contribution is -2.45. The summed E-state index contributed by atoms with van der Waals surface area (Å²) in [4.78, 5) is 12.2. The summed E-state index contributed by atoms with van der Waals surface area (Å²) >= 11 is 3.11. The molecule has 0 unspecified atom stereocenters. The van der Waals surface area contributed by atoms with Crippen LogP contribution >= 0.6 is 15.9 Å². The van der Waals surface area contributed by atoms with E-state index in [1.165, 1.54) is 11.1 Å². The Labute approximate surface area is 137 Å². The number of halogens is 3. The maximum Gasteiger partial charge on any atom is 0.283 e. The van der Waals surface area contributed by atoms with Crippen LogP contribution < -0.4 is 5.32 Å². The Balaban J connectivity index is 2.02. The SMILES string of the molecule is Cc1c(Br)c(C(F)F)nn1CC(=O)N[C@H]1CCC[C@H](C)[C@@H]1C. The van der Waals surface area contributed by atoms with E-state index in [0.29, 0.717) is 17.5 Å². The minimum atomic E-state index is -2.66. The number of carbonyl (C=O) groups excluding carboxylic acids is 1. The first kappa shape index (κ1) is 17.4. The molecule has 1 fully saturated rings. The summed E-state index contributed by atoms with van der Waals surface area (Å²) in [5.74, 6) is 0.842. The first-order valence-electron chi connectivity index (χ1n) is 7.61. The zero-order valence-corrected chi connectivity index (χ0v) is 14.7. The Kier molecular flexibility index (Phi) is 5.58. The molecule has 22 heavy (non-hydrogen) atoms. The van der Waals surface area contributed by atoms with Gasteiger partial charge in [0.2, 0.25) is 5.91 Å². The molecule has 1 aliphatic rings. The van der Waals surface area contributed by atoms with E-state index >= 15 is 0 Å². The quantitative estimate of drug-likeness (QED) is 0.866. The van der Waals surface area contributed by atoms with Crippen LogP contribution in [0.2, 0.25) is 0 Å². The van der Waals surface area contributed by atoms with E-state index in [4.69, 9.17) is 0 Å². The van der Waals surface area contributed by atoms with Gasteiger partial charge in [-0.25, -0.2) is 8.78 Å². The summed E-state index contributed by atoms with van der Waals surface area (Å²) in [5.41, 5.74) is 0.223. The fraction of sp³-hybridized carbons (Fsp3) is 0.733. The maximum atomic E-state index is 12.8. The second kappa shape index (κ2) is 7.06. The third kappa shape index (κ3) is 3.67. The molecule has 0 bridgehead atoms. The van der Waals surface area contributed by atoms with Gasteiger partial charge < -0.3 is 5.32 Å². The minimum absolute atomic E-state index is 0.0330. The molecule has 1 aromatic heterocycles. The fourth-order valence-corrected chi connectivity index (χ4v) is 3.47. The minimum Gasteiger partial charge on any atom is -0.351 e. The molecule has 1 aliphatic carbocycles. The van der Waals surface area contributed by atoms with E-state index < -0.39 is 6.43 Å². The molecule has 0 radical (unpaired) electrons. The number of amides is 1. The lowest BCUT2D eigenvalue weighted by atomic mass is 9.78. The molecule has 0 saturated heterocycles. The maximum absolute atomic E-state index is 12.8. The highest BCUT2D eigenvalue weighted by Gasteiger charge is 2.28. The summed E-state index contributed by atoms with van der Waals surface area (Å²) in [5, 5.41) is 6.86. The molecule has 1 heterocycles. The summed E-state index contributed by atoms with van der Waals surface area (Å²) in [7, 11) is 0. The van der Waals surface area contributed by atoms with Crippen molar-refractivity contribution in [1.29, 1.82) is 0 Å². The molecule has 1 N–H and O–H groups in total. The Hall–Kier alpha value is -0.980. The van der Waals surface area contributed by atoms with Gasteiger partial charge >= 0.3 is 0 Å². The fourth-order valence-electron chi connectivity index (χ4n) is 3.02. The molecule has 4 nitrogen and oxygen atoms in total. The summed E-state index contributed by atoms with van der Waals surface area (Å²) in [6.45, 7) is 5.99. The van der Waals surface area contributed by atoms with Crippen molar-refractivity contribution < 1.29 is 13.6 Å². The Morgan fingerprint density at radius 2 is 2.14 bits per heavy atom. The highest BCUT2D eigenvalue weighted by molar-refractivity contribution is 9.10. The van der Waals surface area contributed by atoms with Gasteiger partial charge in [-0.15, -0.1) is 0 Å². The van der Waals surface area contributed by atoms with E-state index in [-0.39, 0.29) is 28.7 Å². The van der Waals surface area contributed by atoms with Crippen LogP contribution in [0, 0.1) is 18.8 Å². The average Bonchev–Trinajstić information content (AvgIpc) is 2.72. The number of nitrogens with zero attached hydrogens (tertiary/aromatic N) is 2. The molecule has 0 aliphatic heterocycles. The highest BCUT2D eigenvalue weighted by atomic mass is 79.9. The van der Waals surface area contributed by atoms with E-state index in [1.807, 2.05) is 0 Å². The van der Waals surface area contributed by atoms with Gasteiger partial charge in [-0.3, -0.25) is 9.48 Å². The Bertz CT molecular complexity index is 547. The van der Waals surface area contributed by atoms with Gasteiger partial charge in [0, 0.05) is 6.04 Å². The molecular formula is C15H22BrF2N3O. The van der Waals surface area contributed by atoms with Crippen LogP contribution in [0.25, 0.3) is 0 Å². The number of alkyl halides is 2. The predicted octanol–water partition coefficient (Wildman–Crippen LogP) is 3.83. The Morgan fingerprint density at radius 1 is 1.45 bits per heavy atom. The average molecular weight is 378 g/mol. The van der Waals surface area contributed by atoms with Crippen molar-refractivity contribution in [2.45, 2.75) is 59.0 Å². The first-order chi connectivity index (χ1) is 10.3. The highest BCUT2D eigenvalue weighted by Crippen LogP contribution is 2.30. The van der Waals surface area contributed by atoms with Gasteiger partial charge in [0.15, 0.2) is 0 Å². The van der Waals surface area contributed by atoms with Crippen LogP contribution in [0.15, 0.2) is 4.47 Å². The smallest absolute Gasteiger partial charge is 0.283 e. The molecule has 1 saturated carbocycles. The molecule has 2 rings (SSSR count). The van der Waals surface area contributed by atoms with Crippen LogP contribution in [-0.4, -0.2) is 21.7 Å². The molecular weight excluding hydrogens is 356 g/mol. The molecule has 124 valence electrons. The number of nitrogens with one attached hydrogen (secondary N) is 1. The number of hydrogen-bond acceptors (Lipinski definition) is 2. The first-order valence-corrected chi connectivity index (χ1v) is 8.40. The number of rotatable bonds is 4. The van der Waals surface area contributed by atoms with Crippen LogP contribution in [0.3, 0.4) is 0 Å². The molecule has 1 aromatic rings. The lowest BCUT2D eigenvalue weighted by Gasteiger charge is -2.34. The number of aromatic nitrogens is 2. The van der Waals surface area contributed by atoms with Crippen molar-refractivity contribution in [1.82, 2.24) is 15.1 Å². The molecule has 3 atom stereocenters. The van der Waals surface area contributed by atoms with Crippen LogP contribution in [-0.2, 0) is 11.3 Å². The van der Waals surface area contributed by atoms with Gasteiger partial charge in [-0.05, 0) is 41.1 Å². The van der Waals surface area contributed by atoms with E-state index in [0.717, 1.165) is 12.8 Å². The molecule has 0 aromatic carbocycles. The van der Waals surface area contributed by atoms with Gasteiger partial charge in [-0.2, -0.15) is 5.10 Å². The standard InChI is InChI=1S/C15H22BrF2N3O/c1-8-5-4-6-11(9(8)2)19-12(22)7-21-10(3)13(16)14(20-21)15(17)18/h8-9,11,15H,4-7H2,1-3H3,(H,19,22)/t8-,9-,11-/m0/s1. The number of carbonyl (C=O) groups is 1. The predicted molar refractivity (Wildman–Crippen MR) is 83.7 cm³/mol. The summed E-state index contributed by atoms with van der Waals surface area (Å²) in [6.07, 6.45) is 0.618.